The van der Waals surface area contributed by atoms with E-state index in [0.29, 0.717) is 25.0 Å². The van der Waals surface area contributed by atoms with Crippen LogP contribution in [0, 0.1) is 34.0 Å². The quantitative estimate of drug-likeness (QED) is 0.589. The summed E-state index contributed by atoms with van der Waals surface area (Å²) in [4.78, 5) is 25.5. The van der Waals surface area contributed by atoms with E-state index in [1.54, 1.807) is 6.92 Å². The summed E-state index contributed by atoms with van der Waals surface area (Å²) in [7, 11) is 0. The zero-order valence-electron chi connectivity index (χ0n) is 17.6. The first-order valence-electron chi connectivity index (χ1n) is 10.6. The van der Waals surface area contributed by atoms with Gasteiger partial charge in [-0.3, -0.25) is 9.59 Å². The Morgan fingerprint density at radius 1 is 1.33 bits per heavy atom. The van der Waals surface area contributed by atoms with Crippen LogP contribution in [0.25, 0.3) is 0 Å². The van der Waals surface area contributed by atoms with E-state index in [0.717, 1.165) is 19.3 Å². The zero-order chi connectivity index (χ0) is 20.2. The molecule has 4 heteroatoms. The molecule has 3 aliphatic rings. The number of rotatable bonds is 3. The number of Topliss-reactive ketones (excluding diaryl/α,β-unsaturated/α-hetero) is 1. The van der Waals surface area contributed by atoms with E-state index in [4.69, 9.17) is 4.74 Å². The molecule has 0 aromatic heterocycles. The van der Waals surface area contributed by atoms with Crippen molar-refractivity contribution in [2.75, 3.05) is 0 Å². The Labute approximate surface area is 163 Å². The average molecular weight is 377 g/mol. The molecule has 3 fully saturated rings. The minimum atomic E-state index is -0.607. The van der Waals surface area contributed by atoms with Crippen molar-refractivity contribution in [3.8, 4) is 0 Å². The topological polar surface area (TPSA) is 63.6 Å². The van der Waals surface area contributed by atoms with Crippen molar-refractivity contribution in [2.24, 2.45) is 34.0 Å². The highest BCUT2D eigenvalue weighted by molar-refractivity contribution is 5.85. The smallest absolute Gasteiger partial charge is 0.305 e. The van der Waals surface area contributed by atoms with Gasteiger partial charge in [0.25, 0.3) is 0 Å². The molecule has 152 valence electrons. The molecule has 0 aliphatic heterocycles. The summed E-state index contributed by atoms with van der Waals surface area (Å²) in [6, 6.07) is 0. The summed E-state index contributed by atoms with van der Waals surface area (Å²) in [5.41, 5.74) is -1.17. The molecule has 27 heavy (non-hydrogen) atoms. The van der Waals surface area contributed by atoms with Crippen molar-refractivity contribution >= 4 is 11.8 Å². The molecular weight excluding hydrogens is 340 g/mol. The second kappa shape index (κ2) is 6.72. The highest BCUT2D eigenvalue weighted by Crippen LogP contribution is 2.67. The third-order valence-corrected chi connectivity index (χ3v) is 8.86. The molecule has 0 radical (unpaired) electrons. The van der Waals surface area contributed by atoms with Crippen LogP contribution in [0.2, 0.25) is 0 Å². The fourth-order valence-electron chi connectivity index (χ4n) is 6.74. The van der Waals surface area contributed by atoms with E-state index >= 15 is 0 Å². The molecule has 1 N–H and O–H groups in total. The molecule has 0 spiro atoms. The largest absolute Gasteiger partial charge is 0.462 e. The molecule has 0 heterocycles. The Balaban J connectivity index is 2.21. The summed E-state index contributed by atoms with van der Waals surface area (Å²) in [5.74, 6) is 0.199. The van der Waals surface area contributed by atoms with Gasteiger partial charge in [-0.15, -0.1) is 6.58 Å². The van der Waals surface area contributed by atoms with Crippen molar-refractivity contribution in [2.45, 2.75) is 85.4 Å². The van der Waals surface area contributed by atoms with Crippen LogP contribution in [0.1, 0.15) is 73.1 Å². The summed E-state index contributed by atoms with van der Waals surface area (Å²) in [6.45, 7) is 14.3. The lowest BCUT2D eigenvalue weighted by Gasteiger charge is -2.61. The molecule has 3 saturated carbocycles. The third kappa shape index (κ3) is 2.73. The van der Waals surface area contributed by atoms with Crippen LogP contribution in [0.5, 0.6) is 0 Å². The lowest BCUT2D eigenvalue weighted by Crippen LogP contribution is -2.63. The van der Waals surface area contributed by atoms with Crippen LogP contribution in [0.3, 0.4) is 0 Å². The predicted molar refractivity (Wildman–Crippen MR) is 105 cm³/mol. The highest BCUT2D eigenvalue weighted by atomic mass is 16.5. The van der Waals surface area contributed by atoms with Crippen molar-refractivity contribution in [3.63, 3.8) is 0 Å². The fourth-order valence-corrected chi connectivity index (χ4v) is 6.74. The van der Waals surface area contributed by atoms with Crippen molar-refractivity contribution in [3.05, 3.63) is 12.7 Å². The monoisotopic (exact) mass is 376 g/mol. The van der Waals surface area contributed by atoms with Crippen LogP contribution in [0.15, 0.2) is 12.7 Å². The number of hydrogen-bond donors (Lipinski definition) is 1. The highest BCUT2D eigenvalue weighted by Gasteiger charge is 2.68. The number of hydrogen-bond acceptors (Lipinski definition) is 4. The van der Waals surface area contributed by atoms with Crippen molar-refractivity contribution in [1.82, 2.24) is 0 Å². The standard InChI is InChI=1S/C23H36O4/c1-7-18(25)27-17-13-21(5,8-2)20(26)15(4)23-11-9-14(3)22(17,6)19(23)16(24)10-12-23/h8,14-15,17,19-20,26H,2,7,9-13H2,1,3-6H3/t14?,15?,17?,19?,20?,21-,22?,23?/m1/s1. The van der Waals surface area contributed by atoms with E-state index in [9.17, 15) is 14.7 Å². The first-order chi connectivity index (χ1) is 12.6. The second-order valence-electron chi connectivity index (χ2n) is 9.92. The van der Waals surface area contributed by atoms with Crippen LogP contribution in [-0.4, -0.2) is 29.1 Å². The van der Waals surface area contributed by atoms with Gasteiger partial charge >= 0.3 is 5.97 Å². The maximum atomic E-state index is 13.2. The fraction of sp³-hybridized carbons (Fsp3) is 0.826. The van der Waals surface area contributed by atoms with Crippen molar-refractivity contribution < 1.29 is 19.4 Å². The molecule has 2 bridgehead atoms. The summed E-state index contributed by atoms with van der Waals surface area (Å²) < 4.78 is 6.02. The van der Waals surface area contributed by atoms with Crippen LogP contribution in [0.4, 0.5) is 0 Å². The molecular formula is C23H36O4. The number of carbonyl (C=O) groups excluding carboxylic acids is 2. The Morgan fingerprint density at radius 2 is 2.00 bits per heavy atom. The second-order valence-corrected chi connectivity index (χ2v) is 9.92. The third-order valence-electron chi connectivity index (χ3n) is 8.86. The normalized spacial score (nSPS) is 49.7. The first kappa shape index (κ1) is 20.6. The SMILES string of the molecule is C=C[C@]1(C)CC(OC(=O)CC)C2(C)C(C)CCC3(CCC(=O)C32)C(C)C1O. The van der Waals surface area contributed by atoms with Crippen LogP contribution >= 0.6 is 0 Å². The average Bonchev–Trinajstić information content (AvgIpc) is 3.00. The summed E-state index contributed by atoms with van der Waals surface area (Å²) in [5, 5.41) is 11.4. The molecule has 0 saturated heterocycles. The number of aliphatic hydroxyl groups excluding tert-OH is 1. The first-order valence-corrected chi connectivity index (χ1v) is 10.6. The van der Waals surface area contributed by atoms with Crippen molar-refractivity contribution in [1.29, 1.82) is 0 Å². The molecule has 4 nitrogen and oxygen atoms in total. The van der Waals surface area contributed by atoms with E-state index in [2.05, 4.69) is 27.4 Å². The molecule has 0 aromatic carbocycles. The number of carbonyl (C=O) groups is 2. The Bertz CT molecular complexity index is 642. The van der Waals surface area contributed by atoms with E-state index in [1.807, 2.05) is 13.0 Å². The van der Waals surface area contributed by atoms with Gasteiger partial charge in [-0.25, -0.2) is 0 Å². The van der Waals surface area contributed by atoms with E-state index < -0.39 is 23.0 Å². The van der Waals surface area contributed by atoms with Gasteiger partial charge in [0.05, 0.1) is 6.10 Å². The molecule has 3 aliphatic carbocycles. The number of ether oxygens (including phenoxy) is 1. The van der Waals surface area contributed by atoms with Gasteiger partial charge in [0.1, 0.15) is 11.9 Å². The van der Waals surface area contributed by atoms with Gasteiger partial charge in [-0.2, -0.15) is 0 Å². The number of esters is 1. The molecule has 8 atom stereocenters. The molecule has 0 amide bonds. The van der Waals surface area contributed by atoms with Gasteiger partial charge in [0, 0.05) is 29.6 Å². The van der Waals surface area contributed by atoms with Gasteiger partial charge in [-0.05, 0) is 42.9 Å². The van der Waals surface area contributed by atoms with Crippen LogP contribution < -0.4 is 0 Å². The Hall–Kier alpha value is -1.16. The number of aliphatic hydroxyl groups is 1. The van der Waals surface area contributed by atoms with E-state index in [-0.39, 0.29) is 29.1 Å². The van der Waals surface area contributed by atoms with Gasteiger partial charge < -0.3 is 9.84 Å². The maximum absolute atomic E-state index is 13.2. The molecule has 3 rings (SSSR count). The van der Waals surface area contributed by atoms with Gasteiger partial charge in [-0.1, -0.05) is 40.7 Å². The Morgan fingerprint density at radius 3 is 2.59 bits per heavy atom. The number of ketones is 1. The maximum Gasteiger partial charge on any atom is 0.305 e. The predicted octanol–water partition coefficient (Wildman–Crippen LogP) is 4.30. The minimum absolute atomic E-state index is 0.00611. The lowest BCUT2D eigenvalue weighted by atomic mass is 9.44. The van der Waals surface area contributed by atoms with Crippen LogP contribution in [-0.2, 0) is 14.3 Å². The lowest BCUT2D eigenvalue weighted by molar-refractivity contribution is -0.206. The van der Waals surface area contributed by atoms with Gasteiger partial charge in [0.2, 0.25) is 0 Å². The Kier molecular flexibility index (Phi) is 5.12. The summed E-state index contributed by atoms with van der Waals surface area (Å²) >= 11 is 0. The van der Waals surface area contributed by atoms with Gasteiger partial charge in [0.15, 0.2) is 0 Å². The minimum Gasteiger partial charge on any atom is -0.462 e. The molecule has 7 unspecified atom stereocenters. The summed E-state index contributed by atoms with van der Waals surface area (Å²) in [6.07, 6.45) is 5.02. The zero-order valence-corrected chi connectivity index (χ0v) is 17.6. The molecule has 0 aromatic rings. The van der Waals surface area contributed by atoms with E-state index in [1.165, 1.54) is 0 Å².